The van der Waals surface area contributed by atoms with Crippen molar-refractivity contribution in [2.45, 2.75) is 25.4 Å². The Morgan fingerprint density at radius 1 is 1.41 bits per heavy atom. The number of halogens is 4. The lowest BCUT2D eigenvalue weighted by Gasteiger charge is -2.13. The molecule has 1 aromatic carbocycles. The van der Waals surface area contributed by atoms with E-state index in [2.05, 4.69) is 0 Å². The van der Waals surface area contributed by atoms with E-state index in [4.69, 9.17) is 16.7 Å². The van der Waals surface area contributed by atoms with Crippen LogP contribution < -0.4 is 0 Å². The molecule has 0 aliphatic carbocycles. The monoisotopic (exact) mass is 266 g/mol. The highest BCUT2D eigenvalue weighted by Crippen LogP contribution is 2.34. The number of benzene rings is 1. The average Bonchev–Trinajstić information content (AvgIpc) is 2.14. The van der Waals surface area contributed by atoms with Crippen LogP contribution in [-0.2, 0) is 11.0 Å². The van der Waals surface area contributed by atoms with E-state index in [9.17, 15) is 18.0 Å². The SMILES string of the molecule is CC(CC(=O)O)c1cc(Cl)cc(C(F)(F)F)c1. The van der Waals surface area contributed by atoms with Crippen molar-refractivity contribution in [3.05, 3.63) is 34.3 Å². The lowest BCUT2D eigenvalue weighted by molar-refractivity contribution is -0.138. The van der Waals surface area contributed by atoms with Gasteiger partial charge in [0, 0.05) is 5.02 Å². The third-order valence-electron chi connectivity index (χ3n) is 2.30. The van der Waals surface area contributed by atoms with Crippen molar-refractivity contribution in [1.29, 1.82) is 0 Å². The summed E-state index contributed by atoms with van der Waals surface area (Å²) >= 11 is 5.59. The number of carboxylic acids is 1. The third kappa shape index (κ3) is 3.93. The highest BCUT2D eigenvalue weighted by molar-refractivity contribution is 6.30. The first-order valence-corrected chi connectivity index (χ1v) is 5.17. The zero-order valence-electron chi connectivity index (χ0n) is 8.88. The highest BCUT2D eigenvalue weighted by atomic mass is 35.5. The maximum absolute atomic E-state index is 12.5. The molecule has 1 unspecified atom stereocenters. The van der Waals surface area contributed by atoms with E-state index in [0.29, 0.717) is 0 Å². The van der Waals surface area contributed by atoms with E-state index in [-0.39, 0.29) is 17.0 Å². The molecule has 17 heavy (non-hydrogen) atoms. The van der Waals surface area contributed by atoms with Crippen molar-refractivity contribution in [3.8, 4) is 0 Å². The maximum Gasteiger partial charge on any atom is 0.416 e. The minimum atomic E-state index is -4.48. The van der Waals surface area contributed by atoms with Crippen LogP contribution in [0.3, 0.4) is 0 Å². The summed E-state index contributed by atoms with van der Waals surface area (Å²) in [5, 5.41) is 8.54. The Kier molecular flexibility index (Phi) is 4.03. The van der Waals surface area contributed by atoms with Crippen LogP contribution in [-0.4, -0.2) is 11.1 Å². The van der Waals surface area contributed by atoms with E-state index in [1.54, 1.807) is 6.92 Å². The van der Waals surface area contributed by atoms with Crippen LogP contribution in [0.2, 0.25) is 5.02 Å². The molecule has 2 nitrogen and oxygen atoms in total. The summed E-state index contributed by atoms with van der Waals surface area (Å²) in [5.41, 5.74) is -0.593. The number of alkyl halides is 3. The first kappa shape index (κ1) is 13.8. The minimum Gasteiger partial charge on any atom is -0.481 e. The fraction of sp³-hybridized carbons (Fsp3) is 0.364. The summed E-state index contributed by atoms with van der Waals surface area (Å²) in [4.78, 5) is 10.5. The molecule has 0 radical (unpaired) electrons. The van der Waals surface area contributed by atoms with Crippen LogP contribution in [0.15, 0.2) is 18.2 Å². The van der Waals surface area contributed by atoms with Gasteiger partial charge in [-0.05, 0) is 29.7 Å². The standard InChI is InChI=1S/C11H10ClF3O2/c1-6(2-10(16)17)7-3-8(11(13,14)15)5-9(12)4-7/h3-6H,2H2,1H3,(H,16,17). The number of hydrogen-bond acceptors (Lipinski definition) is 1. The average molecular weight is 267 g/mol. The van der Waals surface area contributed by atoms with Gasteiger partial charge in [0.1, 0.15) is 0 Å². The number of carboxylic acid groups (broad SMARTS) is 1. The predicted molar refractivity (Wildman–Crippen MR) is 57.1 cm³/mol. The molecule has 0 saturated carbocycles. The summed E-state index contributed by atoms with van der Waals surface area (Å²) in [5.74, 6) is -1.58. The number of rotatable bonds is 3. The smallest absolute Gasteiger partial charge is 0.416 e. The third-order valence-corrected chi connectivity index (χ3v) is 2.52. The van der Waals surface area contributed by atoms with E-state index in [1.165, 1.54) is 6.07 Å². The lowest BCUT2D eigenvalue weighted by Crippen LogP contribution is -2.08. The van der Waals surface area contributed by atoms with Gasteiger partial charge in [0.2, 0.25) is 0 Å². The first-order chi connectivity index (χ1) is 7.70. The van der Waals surface area contributed by atoms with Gasteiger partial charge in [0.15, 0.2) is 0 Å². The fourth-order valence-electron chi connectivity index (χ4n) is 1.44. The maximum atomic E-state index is 12.5. The van der Waals surface area contributed by atoms with Crippen molar-refractivity contribution in [2.75, 3.05) is 0 Å². The zero-order valence-corrected chi connectivity index (χ0v) is 9.64. The molecule has 0 aliphatic heterocycles. The Morgan fingerprint density at radius 3 is 2.47 bits per heavy atom. The van der Waals surface area contributed by atoms with Crippen LogP contribution >= 0.6 is 11.6 Å². The van der Waals surface area contributed by atoms with Crippen LogP contribution in [0.4, 0.5) is 13.2 Å². The summed E-state index contributed by atoms with van der Waals surface area (Å²) in [6, 6.07) is 3.10. The lowest BCUT2D eigenvalue weighted by atomic mass is 9.96. The second-order valence-electron chi connectivity index (χ2n) is 3.77. The molecular formula is C11H10ClF3O2. The molecule has 1 atom stereocenters. The second-order valence-corrected chi connectivity index (χ2v) is 4.21. The van der Waals surface area contributed by atoms with Crippen molar-refractivity contribution in [3.63, 3.8) is 0 Å². The van der Waals surface area contributed by atoms with Crippen molar-refractivity contribution < 1.29 is 23.1 Å². The normalized spacial score (nSPS) is 13.5. The second kappa shape index (κ2) is 4.96. The molecule has 1 aromatic rings. The molecule has 0 saturated heterocycles. The van der Waals surface area contributed by atoms with Crippen LogP contribution in [0, 0.1) is 0 Å². The van der Waals surface area contributed by atoms with Crippen molar-refractivity contribution >= 4 is 17.6 Å². The van der Waals surface area contributed by atoms with Crippen LogP contribution in [0.25, 0.3) is 0 Å². The number of aliphatic carboxylic acids is 1. The quantitative estimate of drug-likeness (QED) is 0.900. The summed E-state index contributed by atoms with van der Waals surface area (Å²) in [6.45, 7) is 1.54. The highest BCUT2D eigenvalue weighted by Gasteiger charge is 2.31. The summed E-state index contributed by atoms with van der Waals surface area (Å²) < 4.78 is 37.5. The Morgan fingerprint density at radius 2 is 2.00 bits per heavy atom. The molecule has 0 amide bonds. The zero-order chi connectivity index (χ0) is 13.2. The van der Waals surface area contributed by atoms with Gasteiger partial charge >= 0.3 is 12.1 Å². The van der Waals surface area contributed by atoms with Gasteiger partial charge in [-0.2, -0.15) is 13.2 Å². The fourth-order valence-corrected chi connectivity index (χ4v) is 1.68. The Hall–Kier alpha value is -1.23. The molecule has 0 fully saturated rings. The Bertz CT molecular complexity index is 429. The molecule has 0 spiro atoms. The summed E-state index contributed by atoms with van der Waals surface area (Å²) in [7, 11) is 0. The summed E-state index contributed by atoms with van der Waals surface area (Å²) in [6.07, 6.45) is -4.72. The van der Waals surface area contributed by atoms with Gasteiger partial charge in [-0.15, -0.1) is 0 Å². The topological polar surface area (TPSA) is 37.3 Å². The Balaban J connectivity index is 3.09. The number of carbonyl (C=O) groups is 1. The van der Waals surface area contributed by atoms with Crippen LogP contribution in [0.1, 0.15) is 30.4 Å². The van der Waals surface area contributed by atoms with Gasteiger partial charge in [-0.1, -0.05) is 18.5 Å². The molecule has 0 bridgehead atoms. The number of hydrogen-bond donors (Lipinski definition) is 1. The van der Waals surface area contributed by atoms with E-state index in [1.807, 2.05) is 0 Å². The minimum absolute atomic E-state index is 0.0490. The van der Waals surface area contributed by atoms with Gasteiger partial charge < -0.3 is 5.11 Å². The molecule has 0 aromatic heterocycles. The van der Waals surface area contributed by atoms with E-state index in [0.717, 1.165) is 12.1 Å². The molecule has 1 rings (SSSR count). The molecule has 6 heteroatoms. The van der Waals surface area contributed by atoms with Gasteiger partial charge in [-0.3, -0.25) is 4.79 Å². The van der Waals surface area contributed by atoms with Crippen molar-refractivity contribution in [1.82, 2.24) is 0 Å². The van der Waals surface area contributed by atoms with Gasteiger partial charge in [0.05, 0.1) is 12.0 Å². The largest absolute Gasteiger partial charge is 0.481 e. The van der Waals surface area contributed by atoms with Gasteiger partial charge in [-0.25, -0.2) is 0 Å². The van der Waals surface area contributed by atoms with Crippen molar-refractivity contribution in [2.24, 2.45) is 0 Å². The van der Waals surface area contributed by atoms with Gasteiger partial charge in [0.25, 0.3) is 0 Å². The van der Waals surface area contributed by atoms with E-state index >= 15 is 0 Å². The Labute approximate surface area is 101 Å². The predicted octanol–water partition coefficient (Wildman–Crippen LogP) is 3.94. The molecule has 0 aliphatic rings. The van der Waals surface area contributed by atoms with Crippen LogP contribution in [0.5, 0.6) is 0 Å². The van der Waals surface area contributed by atoms with E-state index < -0.39 is 23.6 Å². The molecular weight excluding hydrogens is 257 g/mol. The molecule has 1 N–H and O–H groups in total. The first-order valence-electron chi connectivity index (χ1n) is 4.79. The molecule has 94 valence electrons. The molecule has 0 heterocycles.